The van der Waals surface area contributed by atoms with Crippen LogP contribution in [0.1, 0.15) is 11.3 Å². The minimum Gasteiger partial charge on any atom is -0.497 e. The number of aromatic nitrogens is 2. The van der Waals surface area contributed by atoms with Gasteiger partial charge in [0.05, 0.1) is 18.4 Å². The zero-order chi connectivity index (χ0) is 13.2. The lowest BCUT2D eigenvalue weighted by Gasteiger charge is -2.08. The van der Waals surface area contributed by atoms with E-state index in [-0.39, 0.29) is 5.56 Å². The Labute approximate surface area is 109 Å². The smallest absolute Gasteiger partial charge is 0.257 e. The summed E-state index contributed by atoms with van der Waals surface area (Å²) in [6.45, 7) is 1.21. The van der Waals surface area contributed by atoms with Crippen LogP contribution < -0.4 is 20.9 Å². The van der Waals surface area contributed by atoms with Crippen LogP contribution >= 0.6 is 0 Å². The minimum absolute atomic E-state index is 0.0969. The highest BCUT2D eigenvalue weighted by Gasteiger charge is 2.16. The average Bonchev–Trinajstić information content (AvgIpc) is 2.88. The van der Waals surface area contributed by atoms with Crippen molar-refractivity contribution in [1.29, 1.82) is 0 Å². The highest BCUT2D eigenvalue weighted by atomic mass is 16.5. The maximum absolute atomic E-state index is 11.8. The summed E-state index contributed by atoms with van der Waals surface area (Å²) in [6.07, 6.45) is 0. The largest absolute Gasteiger partial charge is 0.497 e. The monoisotopic (exact) mass is 258 g/mol. The summed E-state index contributed by atoms with van der Waals surface area (Å²) < 4.78 is 5.15. The first-order valence-electron chi connectivity index (χ1n) is 6.00. The van der Waals surface area contributed by atoms with E-state index in [1.54, 1.807) is 7.11 Å². The van der Waals surface area contributed by atoms with E-state index in [1.807, 2.05) is 24.3 Å². The summed E-state index contributed by atoms with van der Waals surface area (Å²) in [4.78, 5) is 19.0. The van der Waals surface area contributed by atoms with Crippen LogP contribution in [0, 0.1) is 0 Å². The maximum Gasteiger partial charge on any atom is 0.257 e. The molecular weight excluding hydrogens is 244 g/mol. The van der Waals surface area contributed by atoms with Gasteiger partial charge in [-0.15, -0.1) is 0 Å². The van der Waals surface area contributed by atoms with Gasteiger partial charge in [-0.2, -0.15) is 0 Å². The van der Waals surface area contributed by atoms with Gasteiger partial charge in [-0.25, -0.2) is 4.98 Å². The standard InChI is InChI=1S/C13H14N4O2/c1-19-9-4-2-3-8(5-9)15-13-16-11-7-14-6-10(11)12(18)17-13/h2-5,14H,6-7H2,1H3,(H2,15,16,17,18). The highest BCUT2D eigenvalue weighted by molar-refractivity contribution is 5.56. The second-order valence-corrected chi connectivity index (χ2v) is 4.30. The first-order valence-corrected chi connectivity index (χ1v) is 6.00. The van der Waals surface area contributed by atoms with Gasteiger partial charge in [0.15, 0.2) is 0 Å². The topological polar surface area (TPSA) is 79.0 Å². The van der Waals surface area contributed by atoms with Crippen molar-refractivity contribution in [2.45, 2.75) is 13.1 Å². The van der Waals surface area contributed by atoms with Crippen LogP contribution in [0.25, 0.3) is 0 Å². The van der Waals surface area contributed by atoms with E-state index in [4.69, 9.17) is 4.74 Å². The lowest BCUT2D eigenvalue weighted by Crippen LogP contribution is -2.16. The van der Waals surface area contributed by atoms with Crippen molar-refractivity contribution in [3.05, 3.63) is 45.9 Å². The van der Waals surface area contributed by atoms with Crippen LogP contribution in [0.2, 0.25) is 0 Å². The zero-order valence-electron chi connectivity index (χ0n) is 10.5. The summed E-state index contributed by atoms with van der Waals surface area (Å²) in [5.74, 6) is 1.19. The molecule has 0 atom stereocenters. The molecule has 6 heteroatoms. The van der Waals surface area contributed by atoms with E-state index in [2.05, 4.69) is 20.6 Å². The van der Waals surface area contributed by atoms with E-state index in [0.717, 1.165) is 22.7 Å². The Morgan fingerprint density at radius 3 is 3.11 bits per heavy atom. The van der Waals surface area contributed by atoms with Crippen molar-refractivity contribution in [3.8, 4) is 5.75 Å². The fourth-order valence-corrected chi connectivity index (χ4v) is 2.08. The maximum atomic E-state index is 11.8. The van der Waals surface area contributed by atoms with Crippen molar-refractivity contribution >= 4 is 11.6 Å². The number of fused-ring (bicyclic) bond motifs is 1. The van der Waals surface area contributed by atoms with Crippen molar-refractivity contribution < 1.29 is 4.74 Å². The molecule has 1 aliphatic heterocycles. The third kappa shape index (κ3) is 2.30. The molecule has 0 aliphatic carbocycles. The zero-order valence-corrected chi connectivity index (χ0v) is 10.5. The van der Waals surface area contributed by atoms with Gasteiger partial charge in [-0.05, 0) is 12.1 Å². The molecular formula is C13H14N4O2. The van der Waals surface area contributed by atoms with Crippen molar-refractivity contribution in [1.82, 2.24) is 15.3 Å². The van der Waals surface area contributed by atoms with Crippen LogP contribution in [-0.2, 0) is 13.1 Å². The van der Waals surface area contributed by atoms with Crippen molar-refractivity contribution in [2.75, 3.05) is 12.4 Å². The molecule has 2 aromatic rings. The van der Waals surface area contributed by atoms with Crippen molar-refractivity contribution in [3.63, 3.8) is 0 Å². The second-order valence-electron chi connectivity index (χ2n) is 4.30. The number of rotatable bonds is 3. The predicted molar refractivity (Wildman–Crippen MR) is 71.7 cm³/mol. The summed E-state index contributed by atoms with van der Waals surface area (Å²) in [6, 6.07) is 7.45. The molecule has 6 nitrogen and oxygen atoms in total. The third-order valence-electron chi connectivity index (χ3n) is 3.03. The molecule has 0 saturated heterocycles. The molecule has 1 aliphatic rings. The SMILES string of the molecule is COc1cccc(Nc2nc3c(c(=O)[nH]2)CNC3)c1. The minimum atomic E-state index is -0.0969. The molecule has 0 unspecified atom stereocenters. The number of nitrogens with one attached hydrogen (secondary N) is 3. The third-order valence-corrected chi connectivity index (χ3v) is 3.03. The number of nitrogens with zero attached hydrogens (tertiary/aromatic N) is 1. The number of aromatic amines is 1. The Bertz CT molecular complexity index is 666. The Morgan fingerprint density at radius 1 is 1.37 bits per heavy atom. The molecule has 98 valence electrons. The normalized spacial score (nSPS) is 13.1. The molecule has 0 spiro atoms. The molecule has 19 heavy (non-hydrogen) atoms. The summed E-state index contributed by atoms with van der Waals surface area (Å²) in [7, 11) is 1.61. The fourth-order valence-electron chi connectivity index (χ4n) is 2.08. The van der Waals surface area contributed by atoms with E-state index >= 15 is 0 Å². The first kappa shape index (κ1) is 11.7. The van der Waals surface area contributed by atoms with Gasteiger partial charge >= 0.3 is 0 Å². The number of H-pyrrole nitrogens is 1. The van der Waals surface area contributed by atoms with E-state index in [9.17, 15) is 4.79 Å². The van der Waals surface area contributed by atoms with Gasteiger partial charge in [0, 0.05) is 24.8 Å². The summed E-state index contributed by atoms with van der Waals surface area (Å²) in [5.41, 5.74) is 2.24. The lowest BCUT2D eigenvalue weighted by molar-refractivity contribution is 0.415. The second kappa shape index (κ2) is 4.74. The lowest BCUT2D eigenvalue weighted by atomic mass is 10.3. The fraction of sp³-hybridized carbons (Fsp3) is 0.231. The van der Waals surface area contributed by atoms with Gasteiger partial charge in [0.25, 0.3) is 5.56 Å². The van der Waals surface area contributed by atoms with Gasteiger partial charge in [-0.3, -0.25) is 9.78 Å². The number of methoxy groups -OCH3 is 1. The Hall–Kier alpha value is -2.34. The van der Waals surface area contributed by atoms with Gasteiger partial charge in [0.2, 0.25) is 5.95 Å². The van der Waals surface area contributed by atoms with E-state index in [0.29, 0.717) is 19.0 Å². The molecule has 1 aromatic heterocycles. The number of ether oxygens (including phenoxy) is 1. The molecule has 2 heterocycles. The Kier molecular flexibility index (Phi) is 2.92. The highest BCUT2D eigenvalue weighted by Crippen LogP contribution is 2.19. The molecule has 0 amide bonds. The average molecular weight is 258 g/mol. The molecule has 3 N–H and O–H groups in total. The molecule has 1 aromatic carbocycles. The number of hydrogen-bond donors (Lipinski definition) is 3. The number of hydrogen-bond acceptors (Lipinski definition) is 5. The molecule has 0 fully saturated rings. The van der Waals surface area contributed by atoms with Crippen LogP contribution in [0.5, 0.6) is 5.75 Å². The van der Waals surface area contributed by atoms with Gasteiger partial charge in [-0.1, -0.05) is 6.07 Å². The number of anilines is 2. The van der Waals surface area contributed by atoms with Crippen LogP contribution in [0.3, 0.4) is 0 Å². The molecule has 0 radical (unpaired) electrons. The first-order chi connectivity index (χ1) is 9.26. The van der Waals surface area contributed by atoms with Gasteiger partial charge in [0.1, 0.15) is 5.75 Å². The summed E-state index contributed by atoms with van der Waals surface area (Å²) in [5, 5.41) is 6.18. The van der Waals surface area contributed by atoms with Crippen LogP contribution in [0.4, 0.5) is 11.6 Å². The molecule has 0 bridgehead atoms. The Balaban J connectivity index is 1.91. The number of benzene rings is 1. The Morgan fingerprint density at radius 2 is 2.26 bits per heavy atom. The van der Waals surface area contributed by atoms with Gasteiger partial charge < -0.3 is 15.4 Å². The van der Waals surface area contributed by atoms with Crippen molar-refractivity contribution in [2.24, 2.45) is 0 Å². The summed E-state index contributed by atoms with van der Waals surface area (Å²) >= 11 is 0. The van der Waals surface area contributed by atoms with Crippen LogP contribution in [0.15, 0.2) is 29.1 Å². The molecule has 3 rings (SSSR count). The van der Waals surface area contributed by atoms with E-state index < -0.39 is 0 Å². The molecule has 0 saturated carbocycles. The van der Waals surface area contributed by atoms with Crippen LogP contribution in [-0.4, -0.2) is 17.1 Å². The quantitative estimate of drug-likeness (QED) is 0.769. The van der Waals surface area contributed by atoms with E-state index in [1.165, 1.54) is 0 Å². The predicted octanol–water partition coefficient (Wildman–Crippen LogP) is 1.13.